The lowest BCUT2D eigenvalue weighted by Gasteiger charge is -1.96. The number of halogens is 1. The van der Waals surface area contributed by atoms with Crippen molar-refractivity contribution in [2.45, 2.75) is 13.8 Å². The molecule has 62 valence electrons. The van der Waals surface area contributed by atoms with Crippen LogP contribution in [0.15, 0.2) is 22.8 Å². The fraction of sp³-hybridized carbons (Fsp3) is 0.200. The first kappa shape index (κ1) is 7.35. The first-order chi connectivity index (χ1) is 5.70. The van der Waals surface area contributed by atoms with E-state index < -0.39 is 0 Å². The van der Waals surface area contributed by atoms with Crippen molar-refractivity contribution in [1.29, 1.82) is 0 Å². The van der Waals surface area contributed by atoms with E-state index in [-0.39, 0.29) is 5.82 Å². The quantitative estimate of drug-likeness (QED) is 0.582. The van der Waals surface area contributed by atoms with E-state index in [1.54, 1.807) is 12.3 Å². The van der Waals surface area contributed by atoms with Gasteiger partial charge < -0.3 is 4.42 Å². The fourth-order valence-electron chi connectivity index (χ4n) is 1.47. The standard InChI is InChI=1S/C10H9FO/c1-6-3-4-8(11)10-9(6)7(2)5-12-10/h3-5H,1-2H3. The Balaban J connectivity index is 2.98. The smallest absolute Gasteiger partial charge is 0.170 e. The Labute approximate surface area is 69.8 Å². The number of hydrogen-bond donors (Lipinski definition) is 0. The summed E-state index contributed by atoms with van der Waals surface area (Å²) in [5.41, 5.74) is 2.41. The van der Waals surface area contributed by atoms with Crippen LogP contribution in [0.4, 0.5) is 4.39 Å². The van der Waals surface area contributed by atoms with Crippen LogP contribution in [-0.2, 0) is 0 Å². The fourth-order valence-corrected chi connectivity index (χ4v) is 1.47. The molecular weight excluding hydrogens is 155 g/mol. The molecule has 12 heavy (non-hydrogen) atoms. The minimum Gasteiger partial charge on any atom is -0.461 e. The molecule has 0 unspecified atom stereocenters. The monoisotopic (exact) mass is 164 g/mol. The van der Waals surface area contributed by atoms with Gasteiger partial charge in [-0.1, -0.05) is 6.07 Å². The van der Waals surface area contributed by atoms with Gasteiger partial charge in [0.1, 0.15) is 0 Å². The molecule has 0 bridgehead atoms. The van der Waals surface area contributed by atoms with E-state index in [1.165, 1.54) is 6.07 Å². The topological polar surface area (TPSA) is 13.1 Å². The molecule has 0 atom stereocenters. The van der Waals surface area contributed by atoms with E-state index in [1.807, 2.05) is 13.8 Å². The Morgan fingerprint density at radius 1 is 1.17 bits per heavy atom. The molecule has 1 nitrogen and oxygen atoms in total. The van der Waals surface area contributed by atoms with E-state index in [4.69, 9.17) is 4.42 Å². The Kier molecular flexibility index (Phi) is 1.43. The van der Waals surface area contributed by atoms with E-state index in [2.05, 4.69) is 0 Å². The van der Waals surface area contributed by atoms with Crippen molar-refractivity contribution in [3.63, 3.8) is 0 Å². The summed E-state index contributed by atoms with van der Waals surface area (Å²) in [6, 6.07) is 3.20. The van der Waals surface area contributed by atoms with Crippen LogP contribution in [0.5, 0.6) is 0 Å². The van der Waals surface area contributed by atoms with Crippen LogP contribution in [0.2, 0.25) is 0 Å². The third-order valence-electron chi connectivity index (χ3n) is 2.07. The van der Waals surface area contributed by atoms with Gasteiger partial charge in [-0.05, 0) is 31.0 Å². The van der Waals surface area contributed by atoms with Crippen LogP contribution in [0.1, 0.15) is 11.1 Å². The maximum Gasteiger partial charge on any atom is 0.170 e. The van der Waals surface area contributed by atoms with Gasteiger partial charge in [0.05, 0.1) is 6.26 Å². The van der Waals surface area contributed by atoms with Crippen molar-refractivity contribution in [2.75, 3.05) is 0 Å². The van der Waals surface area contributed by atoms with Gasteiger partial charge in [0, 0.05) is 5.39 Å². The number of hydrogen-bond acceptors (Lipinski definition) is 1. The second-order valence-electron chi connectivity index (χ2n) is 2.99. The predicted octanol–water partition coefficient (Wildman–Crippen LogP) is 3.19. The Morgan fingerprint density at radius 3 is 2.58 bits per heavy atom. The van der Waals surface area contributed by atoms with Crippen molar-refractivity contribution >= 4 is 11.0 Å². The second-order valence-corrected chi connectivity index (χ2v) is 2.99. The highest BCUT2D eigenvalue weighted by Crippen LogP contribution is 2.25. The molecule has 0 spiro atoms. The molecule has 0 saturated heterocycles. The number of aryl methyl sites for hydroxylation is 2. The molecule has 0 radical (unpaired) electrons. The summed E-state index contributed by atoms with van der Waals surface area (Å²) in [6.07, 6.45) is 1.58. The van der Waals surface area contributed by atoms with Crippen molar-refractivity contribution in [2.24, 2.45) is 0 Å². The molecule has 2 rings (SSSR count). The van der Waals surface area contributed by atoms with E-state index in [9.17, 15) is 4.39 Å². The summed E-state index contributed by atoms with van der Waals surface area (Å²) >= 11 is 0. The molecule has 0 aliphatic heterocycles. The van der Waals surface area contributed by atoms with Crippen LogP contribution < -0.4 is 0 Å². The van der Waals surface area contributed by atoms with Crippen LogP contribution in [0.25, 0.3) is 11.0 Å². The minimum absolute atomic E-state index is 0.288. The first-order valence-electron chi connectivity index (χ1n) is 3.83. The average molecular weight is 164 g/mol. The van der Waals surface area contributed by atoms with Crippen LogP contribution in [-0.4, -0.2) is 0 Å². The zero-order valence-electron chi connectivity index (χ0n) is 7.02. The molecule has 0 saturated carbocycles. The number of furan rings is 1. The minimum atomic E-state index is -0.288. The summed E-state index contributed by atoms with van der Waals surface area (Å²) in [5.74, 6) is -0.288. The van der Waals surface area contributed by atoms with Gasteiger partial charge in [-0.15, -0.1) is 0 Å². The van der Waals surface area contributed by atoms with Gasteiger partial charge in [-0.25, -0.2) is 4.39 Å². The van der Waals surface area contributed by atoms with Crippen LogP contribution in [0, 0.1) is 19.7 Å². The third-order valence-corrected chi connectivity index (χ3v) is 2.07. The molecule has 1 heterocycles. The Hall–Kier alpha value is -1.31. The van der Waals surface area contributed by atoms with E-state index in [0.29, 0.717) is 5.58 Å². The lowest BCUT2D eigenvalue weighted by atomic mass is 10.1. The normalized spacial score (nSPS) is 10.9. The predicted molar refractivity (Wildman–Crippen MR) is 45.6 cm³/mol. The van der Waals surface area contributed by atoms with Crippen LogP contribution >= 0.6 is 0 Å². The lowest BCUT2D eigenvalue weighted by molar-refractivity contribution is 0.559. The molecular formula is C10H9FO. The summed E-state index contributed by atoms with van der Waals surface area (Å²) in [7, 11) is 0. The Morgan fingerprint density at radius 2 is 1.92 bits per heavy atom. The highest BCUT2D eigenvalue weighted by atomic mass is 19.1. The van der Waals surface area contributed by atoms with Crippen molar-refractivity contribution < 1.29 is 8.81 Å². The maximum absolute atomic E-state index is 13.1. The third kappa shape index (κ3) is 0.843. The Bertz CT molecular complexity index is 429. The molecule has 0 N–H and O–H groups in total. The highest BCUT2D eigenvalue weighted by Gasteiger charge is 2.08. The molecule has 1 aromatic carbocycles. The summed E-state index contributed by atoms with van der Waals surface area (Å²) in [6.45, 7) is 3.86. The molecule has 0 aliphatic carbocycles. The van der Waals surface area contributed by atoms with Gasteiger partial charge >= 0.3 is 0 Å². The van der Waals surface area contributed by atoms with Crippen molar-refractivity contribution in [3.8, 4) is 0 Å². The van der Waals surface area contributed by atoms with Crippen LogP contribution in [0.3, 0.4) is 0 Å². The molecule has 2 aromatic rings. The average Bonchev–Trinajstić information content (AvgIpc) is 2.42. The molecule has 0 fully saturated rings. The lowest BCUT2D eigenvalue weighted by Crippen LogP contribution is -1.79. The summed E-state index contributed by atoms with van der Waals surface area (Å²) < 4.78 is 18.2. The maximum atomic E-state index is 13.1. The van der Waals surface area contributed by atoms with E-state index in [0.717, 1.165) is 16.5 Å². The molecule has 1 aromatic heterocycles. The highest BCUT2D eigenvalue weighted by molar-refractivity contribution is 5.84. The van der Waals surface area contributed by atoms with Gasteiger partial charge in [0.15, 0.2) is 11.4 Å². The second kappa shape index (κ2) is 2.34. The SMILES string of the molecule is Cc1ccc(F)c2occ(C)c12. The number of rotatable bonds is 0. The summed E-state index contributed by atoms with van der Waals surface area (Å²) in [4.78, 5) is 0. The zero-order valence-corrected chi connectivity index (χ0v) is 7.02. The van der Waals surface area contributed by atoms with E-state index >= 15 is 0 Å². The molecule has 0 aliphatic rings. The molecule has 0 amide bonds. The zero-order chi connectivity index (χ0) is 8.72. The number of fused-ring (bicyclic) bond motifs is 1. The molecule has 2 heteroatoms. The van der Waals surface area contributed by atoms with Crippen molar-refractivity contribution in [1.82, 2.24) is 0 Å². The van der Waals surface area contributed by atoms with Gasteiger partial charge in [-0.2, -0.15) is 0 Å². The largest absolute Gasteiger partial charge is 0.461 e. The van der Waals surface area contributed by atoms with Gasteiger partial charge in [0.2, 0.25) is 0 Å². The number of benzene rings is 1. The van der Waals surface area contributed by atoms with Crippen molar-refractivity contribution in [3.05, 3.63) is 35.3 Å². The first-order valence-corrected chi connectivity index (χ1v) is 3.83. The van der Waals surface area contributed by atoms with Gasteiger partial charge in [-0.3, -0.25) is 0 Å². The summed E-state index contributed by atoms with van der Waals surface area (Å²) in [5, 5.41) is 0.898. The van der Waals surface area contributed by atoms with Gasteiger partial charge in [0.25, 0.3) is 0 Å².